The largest absolute Gasteiger partial charge is 0.277 e. The maximum Gasteiger partial charge on any atom is 0.0638 e. The summed E-state index contributed by atoms with van der Waals surface area (Å²) in [6.45, 7) is 8.47. The van der Waals surface area contributed by atoms with Crippen LogP contribution in [0.4, 0.5) is 0 Å². The number of rotatable bonds is 3. The molecule has 0 aromatic carbocycles. The first-order chi connectivity index (χ1) is 3.72. The van der Waals surface area contributed by atoms with Gasteiger partial charge in [0.05, 0.1) is 7.11 Å². The Morgan fingerprint density at radius 3 is 2.25 bits per heavy atom. The predicted octanol–water partition coefficient (Wildman–Crippen LogP) is 1.40. The quantitative estimate of drug-likeness (QED) is 0.515. The van der Waals surface area contributed by atoms with Crippen LogP contribution in [0.25, 0.3) is 0 Å². The average Bonchev–Trinajstić information content (AvgIpc) is 1.69. The van der Waals surface area contributed by atoms with Crippen LogP contribution in [0, 0.1) is 0 Å². The molecule has 0 aliphatic carbocycles. The van der Waals surface area contributed by atoms with Crippen LogP contribution in [-0.2, 0) is 4.84 Å². The van der Waals surface area contributed by atoms with Gasteiger partial charge in [-0.05, 0) is 13.8 Å². The van der Waals surface area contributed by atoms with Gasteiger partial charge in [0.1, 0.15) is 0 Å². The Balaban J connectivity index is 3.52. The van der Waals surface area contributed by atoms with Crippen LogP contribution < -0.4 is 0 Å². The molecule has 0 heterocycles. The first-order valence-electron chi connectivity index (χ1n) is 2.69. The topological polar surface area (TPSA) is 12.5 Å². The van der Waals surface area contributed by atoms with Crippen LogP contribution in [0.5, 0.6) is 0 Å². The van der Waals surface area contributed by atoms with E-state index in [9.17, 15) is 0 Å². The molecule has 0 amide bonds. The zero-order valence-electron chi connectivity index (χ0n) is 5.77. The van der Waals surface area contributed by atoms with Crippen molar-refractivity contribution in [2.24, 2.45) is 0 Å². The minimum absolute atomic E-state index is 0.853. The Morgan fingerprint density at radius 2 is 2.25 bits per heavy atom. The lowest BCUT2D eigenvalue weighted by atomic mass is 10.5. The first kappa shape index (κ1) is 7.50. The fraction of sp³-hybridized carbons (Fsp3) is 0.667. The third-order valence-electron chi connectivity index (χ3n) is 0.933. The zero-order valence-corrected chi connectivity index (χ0v) is 5.77. The van der Waals surface area contributed by atoms with Crippen molar-refractivity contribution in [1.29, 1.82) is 0 Å². The fourth-order valence-corrected chi connectivity index (χ4v) is 0.555. The molecule has 0 rings (SSSR count). The van der Waals surface area contributed by atoms with Crippen LogP contribution in [0.2, 0.25) is 0 Å². The van der Waals surface area contributed by atoms with Crippen LogP contribution in [0.3, 0.4) is 0 Å². The second-order valence-corrected chi connectivity index (χ2v) is 1.61. The molecule has 2 heteroatoms. The lowest BCUT2D eigenvalue weighted by molar-refractivity contribution is -0.0951. The van der Waals surface area contributed by atoms with Gasteiger partial charge >= 0.3 is 0 Å². The Hall–Kier alpha value is -0.500. The summed E-state index contributed by atoms with van der Waals surface area (Å²) in [5, 5.41) is 1.72. The van der Waals surface area contributed by atoms with Crippen LogP contribution in [0.15, 0.2) is 12.3 Å². The standard InChI is InChI=1S/C6H13NO/c1-5-7(8-4)6(2)3/h2,5H2,1,3-4H3. The van der Waals surface area contributed by atoms with Gasteiger partial charge in [-0.25, -0.2) is 0 Å². The van der Waals surface area contributed by atoms with E-state index in [1.54, 1.807) is 12.2 Å². The first-order valence-corrected chi connectivity index (χ1v) is 2.69. The summed E-state index contributed by atoms with van der Waals surface area (Å²) in [4.78, 5) is 4.89. The number of hydrogen-bond donors (Lipinski definition) is 0. The maximum absolute atomic E-state index is 4.89. The summed E-state index contributed by atoms with van der Waals surface area (Å²) >= 11 is 0. The van der Waals surface area contributed by atoms with Crippen molar-refractivity contribution >= 4 is 0 Å². The number of allylic oxidation sites excluding steroid dienone is 1. The highest BCUT2D eigenvalue weighted by Crippen LogP contribution is 1.96. The molecule has 0 aromatic rings. The molecular weight excluding hydrogens is 102 g/mol. The Bertz CT molecular complexity index is 76.6. The molecule has 48 valence electrons. The molecule has 0 spiro atoms. The van der Waals surface area contributed by atoms with Gasteiger partial charge in [0, 0.05) is 12.2 Å². The van der Waals surface area contributed by atoms with Crippen molar-refractivity contribution < 1.29 is 4.84 Å². The number of hydrogen-bond acceptors (Lipinski definition) is 2. The molecular formula is C6H13NO. The lowest BCUT2D eigenvalue weighted by Gasteiger charge is -2.18. The van der Waals surface area contributed by atoms with Gasteiger partial charge in [0.15, 0.2) is 0 Å². The van der Waals surface area contributed by atoms with Crippen molar-refractivity contribution in [1.82, 2.24) is 5.06 Å². The highest BCUT2D eigenvalue weighted by Gasteiger charge is 1.94. The van der Waals surface area contributed by atoms with E-state index in [-0.39, 0.29) is 0 Å². The minimum atomic E-state index is 0.853. The molecule has 0 saturated heterocycles. The Morgan fingerprint density at radius 1 is 1.75 bits per heavy atom. The second kappa shape index (κ2) is 3.50. The molecule has 0 aliphatic heterocycles. The number of hydroxylamine groups is 2. The van der Waals surface area contributed by atoms with E-state index in [4.69, 9.17) is 4.84 Å². The second-order valence-electron chi connectivity index (χ2n) is 1.61. The van der Waals surface area contributed by atoms with Gasteiger partial charge in [-0.1, -0.05) is 6.58 Å². The molecule has 0 aliphatic rings. The maximum atomic E-state index is 4.89. The minimum Gasteiger partial charge on any atom is -0.277 e. The van der Waals surface area contributed by atoms with E-state index in [2.05, 4.69) is 6.58 Å². The fourth-order valence-electron chi connectivity index (χ4n) is 0.555. The molecule has 0 fully saturated rings. The van der Waals surface area contributed by atoms with Gasteiger partial charge < -0.3 is 0 Å². The molecule has 0 aromatic heterocycles. The molecule has 2 nitrogen and oxygen atoms in total. The van der Waals surface area contributed by atoms with E-state index in [0.29, 0.717) is 0 Å². The summed E-state index contributed by atoms with van der Waals surface area (Å²) < 4.78 is 0. The molecule has 0 radical (unpaired) electrons. The zero-order chi connectivity index (χ0) is 6.57. The summed E-state index contributed by atoms with van der Waals surface area (Å²) in [7, 11) is 1.64. The van der Waals surface area contributed by atoms with Crippen LogP contribution >= 0.6 is 0 Å². The van der Waals surface area contributed by atoms with Crippen molar-refractivity contribution in [3.05, 3.63) is 12.3 Å². The summed E-state index contributed by atoms with van der Waals surface area (Å²) in [5.41, 5.74) is 0.940. The Kier molecular flexibility index (Phi) is 3.28. The van der Waals surface area contributed by atoms with Crippen molar-refractivity contribution in [2.45, 2.75) is 13.8 Å². The van der Waals surface area contributed by atoms with Crippen molar-refractivity contribution in [3.63, 3.8) is 0 Å². The monoisotopic (exact) mass is 115 g/mol. The lowest BCUT2D eigenvalue weighted by Crippen LogP contribution is -2.18. The third-order valence-corrected chi connectivity index (χ3v) is 0.933. The molecule has 0 saturated carbocycles. The van der Waals surface area contributed by atoms with E-state index in [1.165, 1.54) is 0 Å². The van der Waals surface area contributed by atoms with E-state index < -0.39 is 0 Å². The summed E-state index contributed by atoms with van der Waals surface area (Å²) in [6.07, 6.45) is 0. The molecule has 8 heavy (non-hydrogen) atoms. The number of nitrogens with zero attached hydrogens (tertiary/aromatic N) is 1. The van der Waals surface area contributed by atoms with E-state index in [1.807, 2.05) is 13.8 Å². The molecule has 0 unspecified atom stereocenters. The van der Waals surface area contributed by atoms with Gasteiger partial charge in [0.2, 0.25) is 0 Å². The van der Waals surface area contributed by atoms with Gasteiger partial charge in [-0.2, -0.15) is 0 Å². The van der Waals surface area contributed by atoms with Gasteiger partial charge in [-0.15, -0.1) is 0 Å². The van der Waals surface area contributed by atoms with E-state index in [0.717, 1.165) is 12.2 Å². The van der Waals surface area contributed by atoms with Crippen LogP contribution in [0.1, 0.15) is 13.8 Å². The SMILES string of the molecule is C=C(C)N(CC)OC. The van der Waals surface area contributed by atoms with Crippen LogP contribution in [-0.4, -0.2) is 18.7 Å². The summed E-state index contributed by atoms with van der Waals surface area (Å²) in [6, 6.07) is 0. The molecule has 0 bridgehead atoms. The highest BCUT2D eigenvalue weighted by atomic mass is 16.7. The summed E-state index contributed by atoms with van der Waals surface area (Å²) in [5.74, 6) is 0. The highest BCUT2D eigenvalue weighted by molar-refractivity contribution is 4.82. The van der Waals surface area contributed by atoms with E-state index >= 15 is 0 Å². The Labute approximate surface area is 50.7 Å². The normalized spacial score (nSPS) is 8.88. The average molecular weight is 115 g/mol. The molecule has 0 N–H and O–H groups in total. The third kappa shape index (κ3) is 1.98. The predicted molar refractivity (Wildman–Crippen MR) is 34.2 cm³/mol. The smallest absolute Gasteiger partial charge is 0.0638 e. The molecule has 0 atom stereocenters. The van der Waals surface area contributed by atoms with Gasteiger partial charge in [-0.3, -0.25) is 9.90 Å². The van der Waals surface area contributed by atoms with Gasteiger partial charge in [0.25, 0.3) is 0 Å². The van der Waals surface area contributed by atoms with Crippen molar-refractivity contribution in [3.8, 4) is 0 Å². The van der Waals surface area contributed by atoms with Crippen molar-refractivity contribution in [2.75, 3.05) is 13.7 Å².